The number of hydrogen-bond donors (Lipinski definition) is 1. The summed E-state index contributed by atoms with van der Waals surface area (Å²) >= 11 is 3.33. The van der Waals surface area contributed by atoms with Gasteiger partial charge in [-0.3, -0.25) is 14.9 Å². The van der Waals surface area contributed by atoms with Crippen molar-refractivity contribution >= 4 is 33.2 Å². The first-order chi connectivity index (χ1) is 9.86. The third-order valence-corrected chi connectivity index (χ3v) is 3.36. The molecule has 0 radical (unpaired) electrons. The second-order valence-corrected chi connectivity index (χ2v) is 5.66. The van der Waals surface area contributed by atoms with E-state index in [2.05, 4.69) is 21.2 Å². The number of nitro benzene ring substituents is 1. The lowest BCUT2D eigenvalue weighted by Crippen LogP contribution is -2.13. The Bertz CT molecular complexity index is 709. The molecular formula is C15H13BrN2O3. The van der Waals surface area contributed by atoms with E-state index in [1.54, 1.807) is 25.1 Å². The van der Waals surface area contributed by atoms with E-state index < -0.39 is 4.92 Å². The summed E-state index contributed by atoms with van der Waals surface area (Å²) < 4.78 is 0.783. The van der Waals surface area contributed by atoms with E-state index in [4.69, 9.17) is 0 Å². The molecule has 1 amide bonds. The van der Waals surface area contributed by atoms with E-state index in [0.717, 1.165) is 15.6 Å². The Labute approximate surface area is 130 Å². The molecule has 0 heterocycles. The fraction of sp³-hybridized carbons (Fsp3) is 0.133. The molecule has 0 spiro atoms. The molecule has 0 saturated carbocycles. The van der Waals surface area contributed by atoms with Crippen LogP contribution < -0.4 is 5.32 Å². The van der Waals surface area contributed by atoms with Crippen LogP contribution in [0.5, 0.6) is 0 Å². The molecule has 108 valence electrons. The zero-order chi connectivity index (χ0) is 15.6. The Hall–Kier alpha value is -2.21. The molecule has 5 nitrogen and oxygen atoms in total. The van der Waals surface area contributed by atoms with Gasteiger partial charge in [0.2, 0.25) is 0 Å². The van der Waals surface area contributed by atoms with E-state index in [9.17, 15) is 14.9 Å². The number of rotatable bonds is 3. The Morgan fingerprint density at radius 1 is 1.14 bits per heavy atom. The number of carbonyl (C=O) groups is 1. The minimum Gasteiger partial charge on any atom is -0.316 e. The summed E-state index contributed by atoms with van der Waals surface area (Å²) in [6.45, 7) is 3.63. The predicted molar refractivity (Wildman–Crippen MR) is 84.7 cm³/mol. The fourth-order valence-corrected chi connectivity index (χ4v) is 2.57. The van der Waals surface area contributed by atoms with E-state index in [-0.39, 0.29) is 17.3 Å². The SMILES string of the molecule is Cc1cc(Br)cc(C(=O)Nc2ccc(C)cc2[N+](=O)[O-])c1. The smallest absolute Gasteiger partial charge is 0.293 e. The highest BCUT2D eigenvalue weighted by molar-refractivity contribution is 9.10. The van der Waals surface area contributed by atoms with Gasteiger partial charge in [-0.2, -0.15) is 0 Å². The first-order valence-corrected chi connectivity index (χ1v) is 6.99. The lowest BCUT2D eigenvalue weighted by atomic mass is 10.1. The normalized spacial score (nSPS) is 10.2. The topological polar surface area (TPSA) is 72.2 Å². The van der Waals surface area contributed by atoms with Crippen molar-refractivity contribution in [3.8, 4) is 0 Å². The van der Waals surface area contributed by atoms with Crippen LogP contribution in [0.15, 0.2) is 40.9 Å². The van der Waals surface area contributed by atoms with E-state index >= 15 is 0 Å². The number of benzene rings is 2. The van der Waals surface area contributed by atoms with Gasteiger partial charge in [0.05, 0.1) is 4.92 Å². The average Bonchev–Trinajstić information content (AvgIpc) is 2.39. The largest absolute Gasteiger partial charge is 0.316 e. The second-order valence-electron chi connectivity index (χ2n) is 4.75. The Kier molecular flexibility index (Phi) is 4.37. The number of aryl methyl sites for hydroxylation is 2. The molecular weight excluding hydrogens is 336 g/mol. The van der Waals surface area contributed by atoms with Crippen LogP contribution in [0.4, 0.5) is 11.4 Å². The number of carbonyl (C=O) groups excluding carboxylic acids is 1. The molecule has 2 aromatic rings. The maximum Gasteiger partial charge on any atom is 0.293 e. The van der Waals surface area contributed by atoms with Crippen LogP contribution in [-0.2, 0) is 0 Å². The number of anilines is 1. The van der Waals surface area contributed by atoms with Crippen LogP contribution in [0.3, 0.4) is 0 Å². The van der Waals surface area contributed by atoms with Crippen LogP contribution in [0.2, 0.25) is 0 Å². The summed E-state index contributed by atoms with van der Waals surface area (Å²) in [5, 5.41) is 13.6. The number of nitrogens with zero attached hydrogens (tertiary/aromatic N) is 1. The van der Waals surface area contributed by atoms with Crippen molar-refractivity contribution in [3.05, 3.63) is 67.7 Å². The minimum atomic E-state index is -0.505. The molecule has 0 unspecified atom stereocenters. The van der Waals surface area contributed by atoms with Crippen molar-refractivity contribution in [1.82, 2.24) is 0 Å². The molecule has 0 saturated heterocycles. The molecule has 2 rings (SSSR count). The van der Waals surface area contributed by atoms with E-state index in [0.29, 0.717) is 5.56 Å². The van der Waals surface area contributed by atoms with Crippen LogP contribution in [0.1, 0.15) is 21.5 Å². The quantitative estimate of drug-likeness (QED) is 0.666. The van der Waals surface area contributed by atoms with Crippen LogP contribution in [-0.4, -0.2) is 10.8 Å². The number of halogens is 1. The van der Waals surface area contributed by atoms with Crippen LogP contribution in [0, 0.1) is 24.0 Å². The third kappa shape index (κ3) is 3.66. The van der Waals surface area contributed by atoms with Gasteiger partial charge in [-0.05, 0) is 49.2 Å². The zero-order valence-electron chi connectivity index (χ0n) is 11.5. The lowest BCUT2D eigenvalue weighted by Gasteiger charge is -2.08. The Morgan fingerprint density at radius 2 is 1.86 bits per heavy atom. The van der Waals surface area contributed by atoms with Crippen molar-refractivity contribution in [2.45, 2.75) is 13.8 Å². The van der Waals surface area contributed by atoms with Gasteiger partial charge >= 0.3 is 0 Å². The molecule has 21 heavy (non-hydrogen) atoms. The van der Waals surface area contributed by atoms with Crippen molar-refractivity contribution < 1.29 is 9.72 Å². The highest BCUT2D eigenvalue weighted by Crippen LogP contribution is 2.26. The zero-order valence-corrected chi connectivity index (χ0v) is 13.1. The molecule has 0 atom stereocenters. The maximum absolute atomic E-state index is 12.2. The molecule has 2 aromatic carbocycles. The molecule has 0 aliphatic heterocycles. The number of amides is 1. The van der Waals surface area contributed by atoms with Gasteiger partial charge in [0.15, 0.2) is 0 Å². The molecule has 0 aromatic heterocycles. The van der Waals surface area contributed by atoms with Gasteiger partial charge in [0, 0.05) is 16.1 Å². The van der Waals surface area contributed by atoms with Gasteiger partial charge in [-0.1, -0.05) is 22.0 Å². The van der Waals surface area contributed by atoms with E-state index in [1.165, 1.54) is 12.1 Å². The molecule has 0 bridgehead atoms. The van der Waals surface area contributed by atoms with Crippen LogP contribution >= 0.6 is 15.9 Å². The summed E-state index contributed by atoms with van der Waals surface area (Å²) in [4.78, 5) is 22.8. The van der Waals surface area contributed by atoms with E-state index in [1.807, 2.05) is 13.0 Å². The average molecular weight is 349 g/mol. The first kappa shape index (κ1) is 15.2. The number of hydrogen-bond acceptors (Lipinski definition) is 3. The number of nitrogens with one attached hydrogen (secondary N) is 1. The van der Waals surface area contributed by atoms with Gasteiger partial charge in [-0.25, -0.2) is 0 Å². The summed E-state index contributed by atoms with van der Waals surface area (Å²) in [5.74, 6) is -0.383. The fourth-order valence-electron chi connectivity index (χ4n) is 1.96. The second kappa shape index (κ2) is 6.05. The minimum absolute atomic E-state index is 0.116. The highest BCUT2D eigenvalue weighted by Gasteiger charge is 2.17. The lowest BCUT2D eigenvalue weighted by molar-refractivity contribution is -0.384. The highest BCUT2D eigenvalue weighted by atomic mass is 79.9. The molecule has 0 fully saturated rings. The predicted octanol–water partition coefficient (Wildman–Crippen LogP) is 4.23. The molecule has 0 aliphatic carbocycles. The van der Waals surface area contributed by atoms with Crippen LogP contribution in [0.25, 0.3) is 0 Å². The van der Waals surface area contributed by atoms with Crippen molar-refractivity contribution in [1.29, 1.82) is 0 Å². The monoisotopic (exact) mass is 348 g/mol. The Morgan fingerprint density at radius 3 is 2.48 bits per heavy atom. The maximum atomic E-state index is 12.2. The standard InChI is InChI=1S/C15H13BrN2O3/c1-9-3-4-13(14(7-9)18(20)21)17-15(19)11-5-10(2)6-12(16)8-11/h3-8H,1-2H3,(H,17,19). The summed E-state index contributed by atoms with van der Waals surface area (Å²) in [6.07, 6.45) is 0. The first-order valence-electron chi connectivity index (χ1n) is 6.20. The Balaban J connectivity index is 2.33. The van der Waals surface area contributed by atoms with Gasteiger partial charge in [-0.15, -0.1) is 0 Å². The molecule has 1 N–H and O–H groups in total. The molecule has 0 aliphatic rings. The summed E-state index contributed by atoms with van der Waals surface area (Å²) in [6, 6.07) is 9.96. The van der Waals surface area contributed by atoms with Crippen molar-refractivity contribution in [2.24, 2.45) is 0 Å². The number of nitro groups is 1. The van der Waals surface area contributed by atoms with Crippen molar-refractivity contribution in [3.63, 3.8) is 0 Å². The molecule has 6 heteroatoms. The van der Waals surface area contributed by atoms with Crippen molar-refractivity contribution in [2.75, 3.05) is 5.32 Å². The van der Waals surface area contributed by atoms with Gasteiger partial charge in [0.1, 0.15) is 5.69 Å². The summed E-state index contributed by atoms with van der Waals surface area (Å²) in [7, 11) is 0. The third-order valence-electron chi connectivity index (χ3n) is 2.90. The summed E-state index contributed by atoms with van der Waals surface area (Å²) in [5.41, 5.74) is 2.20. The van der Waals surface area contributed by atoms with Gasteiger partial charge in [0.25, 0.3) is 11.6 Å². The van der Waals surface area contributed by atoms with Gasteiger partial charge < -0.3 is 5.32 Å².